The number of carbonyl (C=O) groups is 2. The number of nitrogens with zero attached hydrogens (tertiary/aromatic N) is 6. The number of thiazole rings is 1. The van der Waals surface area contributed by atoms with Crippen LogP contribution in [0.5, 0.6) is 0 Å². The van der Waals surface area contributed by atoms with Crippen LogP contribution in [0.3, 0.4) is 0 Å². The summed E-state index contributed by atoms with van der Waals surface area (Å²) in [5.74, 6) is -2.59. The van der Waals surface area contributed by atoms with Crippen LogP contribution in [0.25, 0.3) is 22.1 Å². The molecule has 210 valence electrons. The summed E-state index contributed by atoms with van der Waals surface area (Å²) < 4.78 is 30.3. The minimum absolute atomic E-state index is 0.0603. The molecule has 0 atom stereocenters. The van der Waals surface area contributed by atoms with Crippen molar-refractivity contribution in [1.29, 1.82) is 0 Å². The quantitative estimate of drug-likeness (QED) is 0.318. The number of fused-ring (bicyclic) bond motifs is 3. The van der Waals surface area contributed by atoms with Crippen molar-refractivity contribution in [2.75, 3.05) is 5.32 Å². The van der Waals surface area contributed by atoms with Gasteiger partial charge in [0.05, 0.1) is 17.5 Å². The van der Waals surface area contributed by atoms with Crippen molar-refractivity contribution < 1.29 is 18.4 Å². The monoisotopic (exact) mass is 568 g/mol. The number of aromatic nitrogens is 5. The molecule has 4 aromatic rings. The predicted molar refractivity (Wildman–Crippen MR) is 147 cm³/mol. The maximum atomic E-state index is 13.8. The zero-order chi connectivity index (χ0) is 27.9. The SMILES string of the molecule is CCn1c(C(=O)N(C2CC2)C2CC2)cc2c3c(ncn3C)c(Nc3nc(C)c(C(=O)NC4CC(F)(F)C4)s3)nc21. The number of halogens is 2. The second kappa shape index (κ2) is 8.95. The summed E-state index contributed by atoms with van der Waals surface area (Å²) in [7, 11) is 1.91. The second-order valence-corrected chi connectivity index (χ2v) is 12.2. The van der Waals surface area contributed by atoms with Crippen molar-refractivity contribution in [1.82, 2.24) is 34.3 Å². The molecule has 3 aliphatic rings. The Hall–Kier alpha value is -3.61. The molecular formula is C27H30F2N8O2S. The molecule has 4 heterocycles. The molecule has 0 bridgehead atoms. The first kappa shape index (κ1) is 25.4. The number of carbonyl (C=O) groups excluding carboxylic acids is 2. The molecule has 0 aliphatic heterocycles. The number of pyridine rings is 1. The van der Waals surface area contributed by atoms with Crippen LogP contribution < -0.4 is 10.6 Å². The minimum Gasteiger partial charge on any atom is -0.348 e. The molecule has 7 rings (SSSR count). The van der Waals surface area contributed by atoms with Crippen LogP contribution in [0.4, 0.5) is 19.7 Å². The van der Waals surface area contributed by atoms with E-state index in [0.29, 0.717) is 57.0 Å². The second-order valence-electron chi connectivity index (χ2n) is 11.2. The molecule has 0 aromatic carbocycles. The summed E-state index contributed by atoms with van der Waals surface area (Å²) in [4.78, 5) is 43.0. The van der Waals surface area contributed by atoms with Gasteiger partial charge in [-0.25, -0.2) is 23.7 Å². The molecule has 0 saturated heterocycles. The highest BCUT2D eigenvalue weighted by molar-refractivity contribution is 7.17. The van der Waals surface area contributed by atoms with E-state index in [1.807, 2.05) is 29.2 Å². The van der Waals surface area contributed by atoms with Gasteiger partial charge in [-0.3, -0.25) is 9.59 Å². The average molecular weight is 569 g/mol. The van der Waals surface area contributed by atoms with Crippen LogP contribution in [0.1, 0.15) is 71.3 Å². The lowest BCUT2D eigenvalue weighted by atomic mass is 9.88. The zero-order valence-electron chi connectivity index (χ0n) is 22.5. The summed E-state index contributed by atoms with van der Waals surface area (Å²) in [6.07, 6.45) is 5.28. The highest BCUT2D eigenvalue weighted by atomic mass is 32.1. The van der Waals surface area contributed by atoms with Crippen molar-refractivity contribution in [3.8, 4) is 0 Å². The van der Waals surface area contributed by atoms with Crippen molar-refractivity contribution in [2.24, 2.45) is 7.05 Å². The Morgan fingerprint density at radius 3 is 2.50 bits per heavy atom. The van der Waals surface area contributed by atoms with E-state index in [9.17, 15) is 18.4 Å². The third kappa shape index (κ3) is 4.21. The topological polar surface area (TPSA) is 110 Å². The molecular weight excluding hydrogens is 538 g/mol. The van der Waals surface area contributed by atoms with Gasteiger partial charge in [0.15, 0.2) is 10.9 Å². The third-order valence-electron chi connectivity index (χ3n) is 8.01. The van der Waals surface area contributed by atoms with Crippen molar-refractivity contribution in [3.05, 3.63) is 28.7 Å². The Morgan fingerprint density at radius 1 is 1.18 bits per heavy atom. The van der Waals surface area contributed by atoms with E-state index in [4.69, 9.17) is 4.98 Å². The smallest absolute Gasteiger partial charge is 0.271 e. The largest absolute Gasteiger partial charge is 0.348 e. The van der Waals surface area contributed by atoms with Gasteiger partial charge in [-0.2, -0.15) is 0 Å². The fourth-order valence-corrected chi connectivity index (χ4v) is 6.61. The number of anilines is 2. The van der Waals surface area contributed by atoms with Crippen LogP contribution in [0.15, 0.2) is 12.4 Å². The molecule has 2 N–H and O–H groups in total. The highest BCUT2D eigenvalue weighted by Crippen LogP contribution is 2.40. The molecule has 0 unspecified atom stereocenters. The first-order chi connectivity index (χ1) is 19.1. The Balaban J connectivity index is 1.24. The number of imidazole rings is 1. The van der Waals surface area contributed by atoms with Crippen LogP contribution in [0, 0.1) is 6.92 Å². The van der Waals surface area contributed by atoms with E-state index in [2.05, 4.69) is 25.5 Å². The van der Waals surface area contributed by atoms with E-state index in [1.54, 1.807) is 13.3 Å². The van der Waals surface area contributed by atoms with Crippen molar-refractivity contribution in [3.63, 3.8) is 0 Å². The average Bonchev–Trinajstić information content (AvgIpc) is 3.80. The number of aryl methyl sites for hydroxylation is 3. The van der Waals surface area contributed by atoms with Gasteiger partial charge in [0, 0.05) is 49.9 Å². The molecule has 0 radical (unpaired) electrons. The maximum absolute atomic E-state index is 13.8. The van der Waals surface area contributed by atoms with Crippen molar-refractivity contribution >= 4 is 56.2 Å². The van der Waals surface area contributed by atoms with Crippen molar-refractivity contribution in [2.45, 2.75) is 83.0 Å². The van der Waals surface area contributed by atoms with Gasteiger partial charge in [-0.15, -0.1) is 0 Å². The molecule has 3 saturated carbocycles. The Labute approximate surface area is 232 Å². The molecule has 2 amide bonds. The summed E-state index contributed by atoms with van der Waals surface area (Å²) in [6.45, 7) is 4.29. The summed E-state index contributed by atoms with van der Waals surface area (Å²) in [5.41, 5.74) is 3.27. The van der Waals surface area contributed by atoms with E-state index >= 15 is 0 Å². The molecule has 3 aliphatic carbocycles. The van der Waals surface area contributed by atoms with E-state index < -0.39 is 17.9 Å². The lowest BCUT2D eigenvalue weighted by Gasteiger charge is -2.35. The number of rotatable bonds is 8. The summed E-state index contributed by atoms with van der Waals surface area (Å²) in [6, 6.07) is 2.09. The zero-order valence-corrected chi connectivity index (χ0v) is 23.3. The highest BCUT2D eigenvalue weighted by Gasteiger charge is 2.46. The maximum Gasteiger partial charge on any atom is 0.271 e. The van der Waals surface area contributed by atoms with Gasteiger partial charge in [0.2, 0.25) is 0 Å². The van der Waals surface area contributed by atoms with Gasteiger partial charge in [-0.1, -0.05) is 11.3 Å². The number of hydrogen-bond acceptors (Lipinski definition) is 7. The van der Waals surface area contributed by atoms with Gasteiger partial charge in [0.1, 0.15) is 21.7 Å². The Morgan fingerprint density at radius 2 is 1.88 bits per heavy atom. The minimum atomic E-state index is -2.71. The van der Waals surface area contributed by atoms with Gasteiger partial charge in [-0.05, 0) is 45.6 Å². The number of hydrogen-bond donors (Lipinski definition) is 2. The first-order valence-corrected chi connectivity index (χ1v) is 14.5. The van der Waals surface area contributed by atoms with E-state index in [1.165, 1.54) is 0 Å². The predicted octanol–water partition coefficient (Wildman–Crippen LogP) is 4.75. The molecule has 0 spiro atoms. The summed E-state index contributed by atoms with van der Waals surface area (Å²) in [5, 5.41) is 7.22. The molecule has 3 fully saturated rings. The van der Waals surface area contributed by atoms with E-state index in [0.717, 1.165) is 47.9 Å². The van der Waals surface area contributed by atoms with Crippen LogP contribution in [-0.2, 0) is 13.6 Å². The number of amides is 2. The van der Waals surface area contributed by atoms with Gasteiger partial charge in [0.25, 0.3) is 17.7 Å². The number of alkyl halides is 2. The van der Waals surface area contributed by atoms with Gasteiger partial charge < -0.3 is 24.7 Å². The normalized spacial score (nSPS) is 18.7. The van der Waals surface area contributed by atoms with E-state index in [-0.39, 0.29) is 18.7 Å². The van der Waals surface area contributed by atoms with Crippen LogP contribution >= 0.6 is 11.3 Å². The first-order valence-electron chi connectivity index (χ1n) is 13.7. The van der Waals surface area contributed by atoms with Crippen LogP contribution in [0.2, 0.25) is 0 Å². The third-order valence-corrected chi connectivity index (χ3v) is 9.08. The lowest BCUT2D eigenvalue weighted by Crippen LogP contribution is -2.50. The summed E-state index contributed by atoms with van der Waals surface area (Å²) >= 11 is 1.14. The van der Waals surface area contributed by atoms with Crippen LogP contribution in [-0.4, -0.2) is 64.8 Å². The molecule has 4 aromatic heterocycles. The molecule has 13 heteroatoms. The number of nitrogens with one attached hydrogen (secondary N) is 2. The fraction of sp³-hybridized carbons (Fsp3) is 0.519. The van der Waals surface area contributed by atoms with Gasteiger partial charge >= 0.3 is 0 Å². The standard InChI is InChI=1S/C27H30F2N8O2S/c1-4-36-18(25(39)37(15-5-6-15)16-7-8-16)9-17-20-19(30-12-35(20)3)22(33-23(17)36)34-26-31-13(2)21(40-26)24(38)32-14-10-27(28,29)11-14/h9,12,14-16H,4-8,10-11H2,1-3H3,(H,32,38)(H,31,33,34). The Kier molecular flexibility index (Phi) is 5.67. The lowest BCUT2D eigenvalue weighted by molar-refractivity contribution is -0.0901. The Bertz CT molecular complexity index is 1660. The molecule has 10 nitrogen and oxygen atoms in total. The molecule has 40 heavy (non-hydrogen) atoms. The fourth-order valence-electron chi connectivity index (χ4n) is 5.74.